The number of hydrogen-bond donors (Lipinski definition) is 0. The van der Waals surface area contributed by atoms with Crippen LogP contribution in [0, 0.1) is 22.7 Å². The van der Waals surface area contributed by atoms with Gasteiger partial charge in [-0.15, -0.1) is 5.10 Å². The van der Waals surface area contributed by atoms with Crippen LogP contribution in [0.4, 0.5) is 0 Å². The Morgan fingerprint density at radius 1 is 1.26 bits per heavy atom. The molecule has 2 aromatic rings. The van der Waals surface area contributed by atoms with E-state index in [2.05, 4.69) is 16.2 Å². The van der Waals surface area contributed by atoms with Crippen LogP contribution in [-0.2, 0) is 6.54 Å². The average Bonchev–Trinajstić information content (AvgIpc) is 2.92. The highest BCUT2D eigenvalue weighted by Gasteiger charge is 1.99. The molecule has 0 unspecified atom stereocenters. The van der Waals surface area contributed by atoms with Crippen molar-refractivity contribution in [3.05, 3.63) is 42.0 Å². The van der Waals surface area contributed by atoms with Gasteiger partial charge in [-0.05, 0) is 18.2 Å². The van der Waals surface area contributed by atoms with E-state index in [-0.39, 0.29) is 5.82 Å². The molecule has 0 aliphatic heterocycles. The van der Waals surface area contributed by atoms with Gasteiger partial charge in [0.05, 0.1) is 18.2 Å². The Labute approximate surface area is 110 Å². The SMILES string of the molecule is N#Cc1cccc(OCCCn2cnc(C#N)n2)c1. The molecule has 6 nitrogen and oxygen atoms in total. The first-order valence-electron chi connectivity index (χ1n) is 5.74. The largest absolute Gasteiger partial charge is 0.493 e. The summed E-state index contributed by atoms with van der Waals surface area (Å²) < 4.78 is 7.13. The summed E-state index contributed by atoms with van der Waals surface area (Å²) in [6.45, 7) is 1.14. The number of rotatable bonds is 5. The molecule has 6 heteroatoms. The van der Waals surface area contributed by atoms with Gasteiger partial charge in [0, 0.05) is 13.0 Å². The van der Waals surface area contributed by atoms with Crippen LogP contribution in [0.1, 0.15) is 17.8 Å². The van der Waals surface area contributed by atoms with E-state index in [1.165, 1.54) is 6.33 Å². The van der Waals surface area contributed by atoms with Crippen molar-refractivity contribution in [3.63, 3.8) is 0 Å². The second kappa shape index (κ2) is 6.18. The Bertz CT molecular complexity index is 635. The molecule has 19 heavy (non-hydrogen) atoms. The van der Waals surface area contributed by atoms with Gasteiger partial charge in [0.1, 0.15) is 18.1 Å². The van der Waals surface area contributed by atoms with Gasteiger partial charge in [0.15, 0.2) is 0 Å². The molecular formula is C13H11N5O. The summed E-state index contributed by atoms with van der Waals surface area (Å²) in [6, 6.07) is 10.9. The van der Waals surface area contributed by atoms with E-state index in [1.54, 1.807) is 22.9 Å². The zero-order valence-electron chi connectivity index (χ0n) is 10.2. The van der Waals surface area contributed by atoms with E-state index in [9.17, 15) is 0 Å². The molecular weight excluding hydrogens is 242 g/mol. The molecule has 0 saturated carbocycles. The Morgan fingerprint density at radius 3 is 2.89 bits per heavy atom. The third-order valence-electron chi connectivity index (χ3n) is 2.40. The molecule has 0 aliphatic carbocycles. The van der Waals surface area contributed by atoms with Crippen molar-refractivity contribution >= 4 is 0 Å². The monoisotopic (exact) mass is 253 g/mol. The molecule has 0 bridgehead atoms. The standard InChI is InChI=1S/C13H11N5O/c14-8-11-3-1-4-12(7-11)19-6-2-5-18-10-16-13(9-15)17-18/h1,3-4,7,10H,2,5-6H2. The summed E-state index contributed by atoms with van der Waals surface area (Å²) in [5.74, 6) is 0.845. The maximum absolute atomic E-state index is 8.76. The highest BCUT2D eigenvalue weighted by atomic mass is 16.5. The van der Waals surface area contributed by atoms with E-state index in [0.29, 0.717) is 24.5 Å². The fraction of sp³-hybridized carbons (Fsp3) is 0.231. The van der Waals surface area contributed by atoms with Crippen molar-refractivity contribution in [1.82, 2.24) is 14.8 Å². The van der Waals surface area contributed by atoms with Crippen molar-refractivity contribution in [2.45, 2.75) is 13.0 Å². The van der Waals surface area contributed by atoms with E-state index in [0.717, 1.165) is 6.42 Å². The second-order valence-electron chi connectivity index (χ2n) is 3.78. The zero-order chi connectivity index (χ0) is 13.5. The van der Waals surface area contributed by atoms with Gasteiger partial charge >= 0.3 is 0 Å². The summed E-state index contributed by atoms with van der Waals surface area (Å²) in [5.41, 5.74) is 0.576. The molecule has 1 aromatic carbocycles. The summed E-state index contributed by atoms with van der Waals surface area (Å²) >= 11 is 0. The van der Waals surface area contributed by atoms with Crippen molar-refractivity contribution in [3.8, 4) is 17.9 Å². The summed E-state index contributed by atoms with van der Waals surface area (Å²) in [5, 5.41) is 21.3. The maximum Gasteiger partial charge on any atom is 0.252 e. The molecule has 0 aliphatic rings. The van der Waals surface area contributed by atoms with E-state index in [4.69, 9.17) is 15.3 Å². The number of nitrogens with zero attached hydrogens (tertiary/aromatic N) is 5. The van der Waals surface area contributed by atoms with Gasteiger partial charge in [-0.3, -0.25) is 4.68 Å². The van der Waals surface area contributed by atoms with Crippen LogP contribution in [0.25, 0.3) is 0 Å². The minimum atomic E-state index is 0.169. The van der Waals surface area contributed by atoms with Crippen LogP contribution in [-0.4, -0.2) is 21.4 Å². The number of benzene rings is 1. The first-order chi connectivity index (χ1) is 9.31. The second-order valence-corrected chi connectivity index (χ2v) is 3.78. The third-order valence-corrected chi connectivity index (χ3v) is 2.40. The highest BCUT2D eigenvalue weighted by molar-refractivity contribution is 5.36. The number of aryl methyl sites for hydroxylation is 1. The minimum Gasteiger partial charge on any atom is -0.493 e. The molecule has 1 heterocycles. The van der Waals surface area contributed by atoms with Crippen molar-refractivity contribution in [1.29, 1.82) is 10.5 Å². The van der Waals surface area contributed by atoms with E-state index < -0.39 is 0 Å². The smallest absolute Gasteiger partial charge is 0.252 e. The molecule has 0 atom stereocenters. The van der Waals surface area contributed by atoms with Gasteiger partial charge in [0.2, 0.25) is 0 Å². The fourth-order valence-electron chi connectivity index (χ4n) is 1.53. The van der Waals surface area contributed by atoms with Crippen LogP contribution >= 0.6 is 0 Å². The highest BCUT2D eigenvalue weighted by Crippen LogP contribution is 2.12. The van der Waals surface area contributed by atoms with Gasteiger partial charge < -0.3 is 4.74 Å². The van der Waals surface area contributed by atoms with E-state index >= 15 is 0 Å². The topological polar surface area (TPSA) is 87.5 Å². The molecule has 0 N–H and O–H groups in total. The molecule has 0 amide bonds. The zero-order valence-corrected chi connectivity index (χ0v) is 10.2. The number of nitriles is 2. The van der Waals surface area contributed by atoms with Gasteiger partial charge in [0.25, 0.3) is 5.82 Å². The lowest BCUT2D eigenvalue weighted by Gasteiger charge is -2.05. The average molecular weight is 253 g/mol. The first-order valence-corrected chi connectivity index (χ1v) is 5.74. The van der Waals surface area contributed by atoms with Crippen LogP contribution in [0.5, 0.6) is 5.75 Å². The molecule has 94 valence electrons. The van der Waals surface area contributed by atoms with Crippen molar-refractivity contribution in [2.75, 3.05) is 6.61 Å². The van der Waals surface area contributed by atoms with Crippen LogP contribution < -0.4 is 4.74 Å². The van der Waals surface area contributed by atoms with Gasteiger partial charge in [-0.25, -0.2) is 4.98 Å². The minimum absolute atomic E-state index is 0.169. The van der Waals surface area contributed by atoms with Crippen LogP contribution in [0.2, 0.25) is 0 Å². The Balaban J connectivity index is 1.78. The molecule has 0 saturated heterocycles. The summed E-state index contributed by atoms with van der Waals surface area (Å²) in [6.07, 6.45) is 2.26. The van der Waals surface area contributed by atoms with Crippen molar-refractivity contribution < 1.29 is 4.74 Å². The predicted octanol–water partition coefficient (Wildman–Crippen LogP) is 1.49. The molecule has 0 fully saturated rings. The Kier molecular flexibility index (Phi) is 4.09. The van der Waals surface area contributed by atoms with Gasteiger partial charge in [-0.2, -0.15) is 10.5 Å². The number of aromatic nitrogens is 3. The molecule has 2 rings (SSSR count). The quantitative estimate of drug-likeness (QED) is 0.753. The molecule has 0 radical (unpaired) electrons. The first kappa shape index (κ1) is 12.6. The Hall–Kier alpha value is -2.86. The lowest BCUT2D eigenvalue weighted by molar-refractivity contribution is 0.298. The third kappa shape index (κ3) is 3.55. The lowest BCUT2D eigenvalue weighted by atomic mass is 10.2. The van der Waals surface area contributed by atoms with Crippen LogP contribution in [0.3, 0.4) is 0 Å². The Morgan fingerprint density at radius 2 is 2.16 bits per heavy atom. The predicted molar refractivity (Wildman–Crippen MR) is 66.0 cm³/mol. The normalized spacial score (nSPS) is 9.58. The summed E-state index contributed by atoms with van der Waals surface area (Å²) in [7, 11) is 0. The summed E-state index contributed by atoms with van der Waals surface area (Å²) in [4.78, 5) is 3.81. The number of ether oxygens (including phenoxy) is 1. The van der Waals surface area contributed by atoms with E-state index in [1.807, 2.05) is 12.1 Å². The van der Waals surface area contributed by atoms with Crippen molar-refractivity contribution in [2.24, 2.45) is 0 Å². The fourth-order valence-corrected chi connectivity index (χ4v) is 1.53. The maximum atomic E-state index is 8.76. The lowest BCUT2D eigenvalue weighted by Crippen LogP contribution is -2.05. The molecule has 1 aromatic heterocycles. The number of hydrogen-bond acceptors (Lipinski definition) is 5. The molecule has 0 spiro atoms. The van der Waals surface area contributed by atoms with Crippen LogP contribution in [0.15, 0.2) is 30.6 Å². The van der Waals surface area contributed by atoms with Gasteiger partial charge in [-0.1, -0.05) is 6.07 Å².